The van der Waals surface area contributed by atoms with Crippen molar-refractivity contribution >= 4 is 17.5 Å². The standard InChI is InChI=1S/C17H18ClN3O2/c18-13-4-5-15-12(9-13)10-16(23-15)17(22)21-8-1-3-14(21)11-20-7-2-6-19-20/h2,4-7,9,14,16H,1,3,8,10-11H2/t14-,16-/m1/s1. The molecule has 0 bridgehead atoms. The highest BCUT2D eigenvalue weighted by atomic mass is 35.5. The van der Waals surface area contributed by atoms with Gasteiger partial charge < -0.3 is 9.64 Å². The highest BCUT2D eigenvalue weighted by Crippen LogP contribution is 2.32. The van der Waals surface area contributed by atoms with Crippen LogP contribution in [-0.4, -0.2) is 39.3 Å². The molecule has 1 aromatic heterocycles. The van der Waals surface area contributed by atoms with Gasteiger partial charge in [-0.1, -0.05) is 11.6 Å². The lowest BCUT2D eigenvalue weighted by Gasteiger charge is -2.27. The van der Waals surface area contributed by atoms with Gasteiger partial charge in [-0.25, -0.2) is 0 Å². The Morgan fingerprint density at radius 1 is 1.43 bits per heavy atom. The first kappa shape index (κ1) is 14.6. The van der Waals surface area contributed by atoms with E-state index < -0.39 is 6.10 Å². The number of likely N-dealkylation sites (tertiary alicyclic amines) is 1. The number of hydrogen-bond donors (Lipinski definition) is 0. The summed E-state index contributed by atoms with van der Waals surface area (Å²) < 4.78 is 7.74. The van der Waals surface area contributed by atoms with Gasteiger partial charge in [0.15, 0.2) is 6.10 Å². The number of fused-ring (bicyclic) bond motifs is 1. The smallest absolute Gasteiger partial charge is 0.264 e. The van der Waals surface area contributed by atoms with Crippen molar-refractivity contribution in [2.75, 3.05) is 6.54 Å². The second kappa shape index (κ2) is 5.89. The number of carbonyl (C=O) groups excluding carboxylic acids is 1. The molecule has 0 aliphatic carbocycles. The van der Waals surface area contributed by atoms with Crippen molar-refractivity contribution in [2.45, 2.75) is 38.0 Å². The molecule has 3 heterocycles. The van der Waals surface area contributed by atoms with E-state index in [0.29, 0.717) is 11.4 Å². The SMILES string of the molecule is O=C([C@H]1Cc2cc(Cl)ccc2O1)N1CCC[C@@H]1Cn1cccn1. The van der Waals surface area contributed by atoms with Crippen LogP contribution in [0.4, 0.5) is 0 Å². The Labute approximate surface area is 139 Å². The summed E-state index contributed by atoms with van der Waals surface area (Å²) in [5.74, 6) is 0.850. The highest BCUT2D eigenvalue weighted by Gasteiger charge is 2.37. The van der Waals surface area contributed by atoms with E-state index in [2.05, 4.69) is 5.10 Å². The summed E-state index contributed by atoms with van der Waals surface area (Å²) in [5, 5.41) is 4.92. The Balaban J connectivity index is 1.46. The molecule has 4 rings (SSSR count). The molecule has 0 spiro atoms. The Morgan fingerprint density at radius 3 is 3.17 bits per heavy atom. The van der Waals surface area contributed by atoms with Gasteiger partial charge in [-0.3, -0.25) is 9.48 Å². The van der Waals surface area contributed by atoms with Crippen molar-refractivity contribution in [1.29, 1.82) is 0 Å². The van der Waals surface area contributed by atoms with Gasteiger partial charge in [0.1, 0.15) is 5.75 Å². The molecule has 2 atom stereocenters. The first-order valence-electron chi connectivity index (χ1n) is 7.94. The number of ether oxygens (including phenoxy) is 1. The molecular formula is C17H18ClN3O2. The molecule has 2 aliphatic rings. The summed E-state index contributed by atoms with van der Waals surface area (Å²) in [6.45, 7) is 1.53. The number of hydrogen-bond acceptors (Lipinski definition) is 3. The van der Waals surface area contributed by atoms with Crippen LogP contribution in [0.2, 0.25) is 5.02 Å². The molecule has 1 saturated heterocycles. The van der Waals surface area contributed by atoms with Gasteiger partial charge in [-0.05, 0) is 42.7 Å². The molecule has 1 amide bonds. The number of aromatic nitrogens is 2. The van der Waals surface area contributed by atoms with Crippen molar-refractivity contribution in [1.82, 2.24) is 14.7 Å². The number of carbonyl (C=O) groups is 1. The van der Waals surface area contributed by atoms with Crippen LogP contribution in [0.15, 0.2) is 36.7 Å². The van der Waals surface area contributed by atoms with Gasteiger partial charge in [-0.2, -0.15) is 5.10 Å². The van der Waals surface area contributed by atoms with Crippen LogP contribution < -0.4 is 4.74 Å². The lowest BCUT2D eigenvalue weighted by Crippen LogP contribution is -2.45. The topological polar surface area (TPSA) is 47.4 Å². The zero-order valence-electron chi connectivity index (χ0n) is 12.7. The van der Waals surface area contributed by atoms with E-state index in [0.717, 1.165) is 37.2 Å². The predicted octanol–water partition coefficient (Wildman–Crippen LogP) is 2.53. The molecule has 2 aromatic rings. The second-order valence-electron chi connectivity index (χ2n) is 6.12. The Bertz CT molecular complexity index is 717. The van der Waals surface area contributed by atoms with Crippen molar-refractivity contribution in [2.24, 2.45) is 0 Å². The first-order chi connectivity index (χ1) is 11.2. The molecule has 2 aliphatic heterocycles. The highest BCUT2D eigenvalue weighted by molar-refractivity contribution is 6.30. The van der Waals surface area contributed by atoms with Crippen molar-refractivity contribution in [3.05, 3.63) is 47.2 Å². The lowest BCUT2D eigenvalue weighted by atomic mass is 10.1. The fourth-order valence-electron chi connectivity index (χ4n) is 3.48. The van der Waals surface area contributed by atoms with E-state index in [1.807, 2.05) is 34.0 Å². The Hall–Kier alpha value is -2.01. The Morgan fingerprint density at radius 2 is 2.35 bits per heavy atom. The summed E-state index contributed by atoms with van der Waals surface area (Å²) in [6, 6.07) is 7.62. The molecule has 1 aromatic carbocycles. The number of halogens is 1. The van der Waals surface area contributed by atoms with Crippen molar-refractivity contribution in [3.8, 4) is 5.75 Å². The maximum Gasteiger partial charge on any atom is 0.264 e. The normalized spacial score (nSPS) is 22.9. The molecular weight excluding hydrogens is 314 g/mol. The number of rotatable bonds is 3. The third kappa shape index (κ3) is 2.81. The maximum absolute atomic E-state index is 12.9. The van der Waals surface area contributed by atoms with E-state index in [9.17, 15) is 4.79 Å². The third-order valence-electron chi connectivity index (χ3n) is 4.59. The minimum Gasteiger partial charge on any atom is -0.480 e. The summed E-state index contributed by atoms with van der Waals surface area (Å²) in [7, 11) is 0. The van der Waals surface area contributed by atoms with E-state index >= 15 is 0 Å². The van der Waals surface area contributed by atoms with E-state index in [4.69, 9.17) is 16.3 Å². The number of amides is 1. The van der Waals surface area contributed by atoms with Crippen LogP contribution in [0.3, 0.4) is 0 Å². The minimum atomic E-state index is -0.429. The molecule has 5 nitrogen and oxygen atoms in total. The summed E-state index contributed by atoms with van der Waals surface area (Å²) >= 11 is 6.02. The molecule has 0 N–H and O–H groups in total. The molecule has 0 unspecified atom stereocenters. The van der Waals surface area contributed by atoms with Gasteiger partial charge in [0.05, 0.1) is 12.6 Å². The van der Waals surface area contributed by atoms with Gasteiger partial charge in [0.25, 0.3) is 5.91 Å². The first-order valence-corrected chi connectivity index (χ1v) is 8.31. The average Bonchev–Trinajstić information content (AvgIpc) is 3.26. The minimum absolute atomic E-state index is 0.0759. The van der Waals surface area contributed by atoms with Crippen LogP contribution in [0, 0.1) is 0 Å². The van der Waals surface area contributed by atoms with Crippen LogP contribution >= 0.6 is 11.6 Å². The summed E-state index contributed by atoms with van der Waals surface area (Å²) in [4.78, 5) is 14.8. The van der Waals surface area contributed by atoms with Crippen LogP contribution in [0.1, 0.15) is 18.4 Å². The monoisotopic (exact) mass is 331 g/mol. The van der Waals surface area contributed by atoms with E-state index in [1.54, 1.807) is 12.3 Å². The molecule has 1 fully saturated rings. The molecule has 6 heteroatoms. The van der Waals surface area contributed by atoms with Crippen molar-refractivity contribution in [3.63, 3.8) is 0 Å². The second-order valence-corrected chi connectivity index (χ2v) is 6.55. The largest absolute Gasteiger partial charge is 0.480 e. The van der Waals surface area contributed by atoms with Gasteiger partial charge in [0.2, 0.25) is 0 Å². The number of benzene rings is 1. The van der Waals surface area contributed by atoms with E-state index in [-0.39, 0.29) is 11.9 Å². The van der Waals surface area contributed by atoms with Gasteiger partial charge in [0, 0.05) is 30.4 Å². The van der Waals surface area contributed by atoms with Crippen LogP contribution in [0.25, 0.3) is 0 Å². The Kier molecular flexibility index (Phi) is 3.73. The van der Waals surface area contributed by atoms with Gasteiger partial charge >= 0.3 is 0 Å². The van der Waals surface area contributed by atoms with Crippen molar-refractivity contribution < 1.29 is 9.53 Å². The molecule has 23 heavy (non-hydrogen) atoms. The quantitative estimate of drug-likeness (QED) is 0.868. The zero-order valence-corrected chi connectivity index (χ0v) is 13.4. The zero-order chi connectivity index (χ0) is 15.8. The van der Waals surface area contributed by atoms with Crippen LogP contribution in [-0.2, 0) is 17.8 Å². The van der Waals surface area contributed by atoms with Gasteiger partial charge in [-0.15, -0.1) is 0 Å². The molecule has 0 saturated carbocycles. The number of nitrogens with zero attached hydrogens (tertiary/aromatic N) is 3. The summed E-state index contributed by atoms with van der Waals surface area (Å²) in [5.41, 5.74) is 1.01. The summed E-state index contributed by atoms with van der Waals surface area (Å²) in [6.07, 6.45) is 5.91. The predicted molar refractivity (Wildman–Crippen MR) is 86.5 cm³/mol. The lowest BCUT2D eigenvalue weighted by molar-refractivity contribution is -0.139. The fourth-order valence-corrected chi connectivity index (χ4v) is 3.67. The third-order valence-corrected chi connectivity index (χ3v) is 4.82. The van der Waals surface area contributed by atoms with E-state index in [1.165, 1.54) is 0 Å². The molecule has 0 radical (unpaired) electrons. The maximum atomic E-state index is 12.9. The molecule has 120 valence electrons. The van der Waals surface area contributed by atoms with Crippen LogP contribution in [0.5, 0.6) is 5.75 Å². The fraction of sp³-hybridized carbons (Fsp3) is 0.412. The average molecular weight is 332 g/mol.